The Hall–Kier alpha value is -1.09. The van der Waals surface area contributed by atoms with E-state index in [1.54, 1.807) is 6.92 Å². The molecule has 0 radical (unpaired) electrons. The van der Waals surface area contributed by atoms with Crippen LogP contribution in [0.1, 0.15) is 48.6 Å². The zero-order valence-corrected chi connectivity index (χ0v) is 16.9. The van der Waals surface area contributed by atoms with Crippen LogP contribution in [0.4, 0.5) is 0 Å². The number of furan rings is 1. The molecule has 0 spiro atoms. The molecule has 25 heavy (non-hydrogen) atoms. The van der Waals surface area contributed by atoms with E-state index in [9.17, 15) is 13.2 Å². The summed E-state index contributed by atoms with van der Waals surface area (Å²) in [6.45, 7) is 8.42. The SMILES string of the molecule is COC(=O)c1c(C)oc(C)c1S(=O)(=O)NCC1NCCCC1(C)C.Cl. The topological polar surface area (TPSA) is 97.6 Å². The Kier molecular flexibility index (Phi) is 7.09. The number of esters is 1. The molecule has 1 aromatic rings. The van der Waals surface area contributed by atoms with Crippen molar-refractivity contribution in [1.82, 2.24) is 10.0 Å². The second kappa shape index (κ2) is 8.07. The van der Waals surface area contributed by atoms with E-state index in [4.69, 9.17) is 9.15 Å². The van der Waals surface area contributed by atoms with Crippen LogP contribution in [-0.4, -0.2) is 40.6 Å². The highest BCUT2D eigenvalue weighted by atomic mass is 35.5. The van der Waals surface area contributed by atoms with E-state index < -0.39 is 16.0 Å². The molecule has 2 rings (SSSR count). The molecule has 1 atom stereocenters. The van der Waals surface area contributed by atoms with Crippen LogP contribution in [0.2, 0.25) is 0 Å². The molecule has 1 fully saturated rings. The number of rotatable bonds is 5. The van der Waals surface area contributed by atoms with Gasteiger partial charge in [0, 0.05) is 12.6 Å². The number of ether oxygens (including phenoxy) is 1. The molecule has 2 N–H and O–H groups in total. The lowest BCUT2D eigenvalue weighted by atomic mass is 9.78. The number of halogens is 1. The second-order valence-corrected chi connectivity index (χ2v) is 8.56. The monoisotopic (exact) mass is 394 g/mol. The van der Waals surface area contributed by atoms with Gasteiger partial charge in [0.15, 0.2) is 0 Å². The van der Waals surface area contributed by atoms with Gasteiger partial charge >= 0.3 is 5.97 Å². The lowest BCUT2D eigenvalue weighted by Crippen LogP contribution is -2.52. The molecule has 1 aliphatic rings. The van der Waals surface area contributed by atoms with E-state index in [2.05, 4.69) is 23.9 Å². The standard InChI is InChI=1S/C16H26N2O5S.ClH/c1-10-13(15(19)22-5)14(11(2)23-10)24(20,21)18-9-12-16(3,4)7-6-8-17-12;/h12,17-18H,6-9H2,1-5H3;1H. The Labute approximate surface area is 155 Å². The third-order valence-electron chi connectivity index (χ3n) is 4.67. The first kappa shape index (κ1) is 22.0. The molecule has 2 heterocycles. The van der Waals surface area contributed by atoms with Gasteiger partial charge in [0.1, 0.15) is 22.0 Å². The molecular weight excluding hydrogens is 368 g/mol. The molecule has 144 valence electrons. The second-order valence-electron chi connectivity index (χ2n) is 6.86. The van der Waals surface area contributed by atoms with Crippen LogP contribution in [-0.2, 0) is 14.8 Å². The van der Waals surface area contributed by atoms with E-state index in [1.165, 1.54) is 14.0 Å². The zero-order valence-electron chi connectivity index (χ0n) is 15.3. The van der Waals surface area contributed by atoms with Gasteiger partial charge in [0.2, 0.25) is 10.0 Å². The first-order valence-electron chi connectivity index (χ1n) is 8.01. The predicted molar refractivity (Wildman–Crippen MR) is 96.8 cm³/mol. The zero-order chi connectivity index (χ0) is 18.1. The van der Waals surface area contributed by atoms with E-state index in [-0.39, 0.29) is 52.4 Å². The van der Waals surface area contributed by atoms with Crippen molar-refractivity contribution in [3.05, 3.63) is 17.1 Å². The van der Waals surface area contributed by atoms with Gasteiger partial charge in [-0.3, -0.25) is 0 Å². The lowest BCUT2D eigenvalue weighted by molar-refractivity contribution is 0.0594. The Balaban J connectivity index is 0.00000312. The smallest absolute Gasteiger partial charge is 0.342 e. The average Bonchev–Trinajstić information content (AvgIpc) is 2.80. The maximum atomic E-state index is 12.8. The van der Waals surface area contributed by atoms with Crippen molar-refractivity contribution in [2.45, 2.75) is 51.5 Å². The molecule has 1 aliphatic heterocycles. The summed E-state index contributed by atoms with van der Waals surface area (Å²) in [5.74, 6) is -0.312. The minimum absolute atomic E-state index is 0. The molecule has 1 saturated heterocycles. The molecule has 9 heteroatoms. The van der Waals surface area contributed by atoms with E-state index in [1.807, 2.05) is 0 Å². The lowest BCUT2D eigenvalue weighted by Gasteiger charge is -2.39. The van der Waals surface area contributed by atoms with Crippen LogP contribution < -0.4 is 10.0 Å². The molecule has 0 amide bonds. The number of carbonyl (C=O) groups excluding carboxylic acids is 1. The van der Waals surface area contributed by atoms with Crippen molar-refractivity contribution in [2.75, 3.05) is 20.2 Å². The number of aryl methyl sites for hydroxylation is 2. The van der Waals surface area contributed by atoms with Crippen LogP contribution in [0.5, 0.6) is 0 Å². The number of carbonyl (C=O) groups is 1. The van der Waals surface area contributed by atoms with Crippen molar-refractivity contribution in [3.63, 3.8) is 0 Å². The fourth-order valence-electron chi connectivity index (χ4n) is 3.21. The summed E-state index contributed by atoms with van der Waals surface area (Å²) in [5.41, 5.74) is -0.0498. The molecule has 0 aromatic carbocycles. The molecule has 1 aromatic heterocycles. The first-order chi connectivity index (χ1) is 11.1. The highest BCUT2D eigenvalue weighted by molar-refractivity contribution is 7.89. The van der Waals surface area contributed by atoms with Gasteiger partial charge in [-0.1, -0.05) is 13.8 Å². The predicted octanol–water partition coefficient (Wildman–Crippen LogP) is 2.16. The summed E-state index contributed by atoms with van der Waals surface area (Å²) in [6.07, 6.45) is 2.10. The Bertz CT molecular complexity index is 727. The van der Waals surface area contributed by atoms with Gasteiger partial charge in [-0.2, -0.15) is 0 Å². The van der Waals surface area contributed by atoms with Crippen LogP contribution in [0, 0.1) is 19.3 Å². The number of sulfonamides is 1. The normalized spacial score (nSPS) is 20.0. The van der Waals surface area contributed by atoms with Crippen LogP contribution in [0.15, 0.2) is 9.31 Å². The third-order valence-corrected chi connectivity index (χ3v) is 6.25. The van der Waals surface area contributed by atoms with Crippen molar-refractivity contribution in [2.24, 2.45) is 5.41 Å². The van der Waals surface area contributed by atoms with Gasteiger partial charge in [0.25, 0.3) is 0 Å². The summed E-state index contributed by atoms with van der Waals surface area (Å²) in [6, 6.07) is 0.0240. The third kappa shape index (κ3) is 4.55. The van der Waals surface area contributed by atoms with Crippen molar-refractivity contribution in [1.29, 1.82) is 0 Å². The van der Waals surface area contributed by atoms with Gasteiger partial charge < -0.3 is 14.5 Å². The number of methoxy groups -OCH3 is 1. The molecule has 1 unspecified atom stereocenters. The largest absolute Gasteiger partial charge is 0.465 e. The summed E-state index contributed by atoms with van der Waals surface area (Å²) in [4.78, 5) is 11.8. The van der Waals surface area contributed by atoms with Gasteiger partial charge in [-0.15, -0.1) is 12.4 Å². The van der Waals surface area contributed by atoms with Gasteiger partial charge in [-0.25, -0.2) is 17.9 Å². The molecule has 0 bridgehead atoms. The Morgan fingerprint density at radius 3 is 2.56 bits per heavy atom. The maximum Gasteiger partial charge on any atom is 0.342 e. The van der Waals surface area contributed by atoms with Crippen LogP contribution >= 0.6 is 12.4 Å². The van der Waals surface area contributed by atoms with Crippen molar-refractivity contribution >= 4 is 28.4 Å². The molecule has 7 nitrogen and oxygen atoms in total. The number of nitrogens with one attached hydrogen (secondary N) is 2. The van der Waals surface area contributed by atoms with Crippen LogP contribution in [0.25, 0.3) is 0 Å². The minimum atomic E-state index is -3.89. The van der Waals surface area contributed by atoms with E-state index in [0.29, 0.717) is 0 Å². The van der Waals surface area contributed by atoms with Gasteiger partial charge in [-0.05, 0) is 38.6 Å². The number of piperidine rings is 1. The summed E-state index contributed by atoms with van der Waals surface area (Å²) < 4.78 is 38.2. The van der Waals surface area contributed by atoms with Crippen molar-refractivity contribution in [3.8, 4) is 0 Å². The van der Waals surface area contributed by atoms with Gasteiger partial charge in [0.05, 0.1) is 7.11 Å². The van der Waals surface area contributed by atoms with E-state index in [0.717, 1.165) is 19.4 Å². The van der Waals surface area contributed by atoms with E-state index >= 15 is 0 Å². The summed E-state index contributed by atoms with van der Waals surface area (Å²) in [7, 11) is -2.68. The minimum Gasteiger partial charge on any atom is -0.465 e. The molecule has 0 aliphatic carbocycles. The fourth-order valence-corrected chi connectivity index (χ4v) is 4.66. The highest BCUT2D eigenvalue weighted by Crippen LogP contribution is 2.31. The van der Waals surface area contributed by atoms with Crippen LogP contribution in [0.3, 0.4) is 0 Å². The Morgan fingerprint density at radius 1 is 1.36 bits per heavy atom. The first-order valence-corrected chi connectivity index (χ1v) is 9.50. The summed E-state index contributed by atoms with van der Waals surface area (Å²) >= 11 is 0. The fraction of sp³-hybridized carbons (Fsp3) is 0.688. The number of hydrogen-bond acceptors (Lipinski definition) is 6. The highest BCUT2D eigenvalue weighted by Gasteiger charge is 2.35. The maximum absolute atomic E-state index is 12.8. The Morgan fingerprint density at radius 2 is 2.00 bits per heavy atom. The molecular formula is C16H27ClN2O5S. The number of hydrogen-bond donors (Lipinski definition) is 2. The molecule has 0 saturated carbocycles. The quantitative estimate of drug-likeness (QED) is 0.742. The average molecular weight is 395 g/mol. The summed E-state index contributed by atoms with van der Waals surface area (Å²) in [5, 5.41) is 3.36. The van der Waals surface area contributed by atoms with Crippen molar-refractivity contribution < 1.29 is 22.4 Å².